The molecule has 0 aliphatic rings. The van der Waals surface area contributed by atoms with E-state index in [1.807, 2.05) is 36.4 Å². The summed E-state index contributed by atoms with van der Waals surface area (Å²) in [6.45, 7) is 0.505. The van der Waals surface area contributed by atoms with Crippen molar-refractivity contribution < 1.29 is 10.0 Å². The number of hydrogen-bond donors (Lipinski definition) is 3. The van der Waals surface area contributed by atoms with Crippen LogP contribution in [0.1, 0.15) is 5.56 Å². The molecule has 2 aromatic rings. The summed E-state index contributed by atoms with van der Waals surface area (Å²) in [5.74, 6) is 0. The molecule has 0 fully saturated rings. The van der Waals surface area contributed by atoms with Crippen molar-refractivity contribution in [1.82, 2.24) is 0 Å². The fourth-order valence-corrected chi connectivity index (χ4v) is 1.81. The molecule has 3 nitrogen and oxygen atoms in total. The van der Waals surface area contributed by atoms with Gasteiger partial charge in [-0.05, 0) is 22.2 Å². The quantitative estimate of drug-likeness (QED) is 0.721. The first kappa shape index (κ1) is 14.7. The number of nitrogens with two attached hydrogens (primary N) is 1. The summed E-state index contributed by atoms with van der Waals surface area (Å²) >= 11 is 0. The van der Waals surface area contributed by atoms with Crippen LogP contribution in [0.2, 0.25) is 0 Å². The second-order valence-corrected chi connectivity index (χ2v) is 3.86. The summed E-state index contributed by atoms with van der Waals surface area (Å²) in [7, 11) is -1.46. The van der Waals surface area contributed by atoms with Crippen LogP contribution < -0.4 is 11.2 Å². The average Bonchev–Trinajstić information content (AvgIpc) is 2.39. The maximum Gasteiger partial charge on any atom is 0.489 e. The lowest BCUT2D eigenvalue weighted by Crippen LogP contribution is -2.31. The largest absolute Gasteiger partial charge is 0.489 e. The van der Waals surface area contributed by atoms with Crippen molar-refractivity contribution in [2.24, 2.45) is 5.73 Å². The first-order valence-electron chi connectivity index (χ1n) is 5.47. The minimum Gasteiger partial charge on any atom is -0.423 e. The second kappa shape index (κ2) is 6.57. The summed E-state index contributed by atoms with van der Waals surface area (Å²) in [5, 5.41) is 18.6. The van der Waals surface area contributed by atoms with Crippen LogP contribution in [0.4, 0.5) is 0 Å². The molecule has 0 atom stereocenters. The van der Waals surface area contributed by atoms with Gasteiger partial charge >= 0.3 is 7.12 Å². The molecule has 0 radical (unpaired) electrons. The van der Waals surface area contributed by atoms with Crippen LogP contribution in [-0.4, -0.2) is 17.2 Å². The van der Waals surface area contributed by atoms with Gasteiger partial charge in [0.2, 0.25) is 0 Å². The average molecular weight is 264 g/mol. The highest BCUT2D eigenvalue weighted by Gasteiger charge is 2.15. The molecule has 0 heterocycles. The first-order valence-corrected chi connectivity index (χ1v) is 5.47. The molecule has 0 saturated heterocycles. The Morgan fingerprint density at radius 3 is 2.11 bits per heavy atom. The smallest absolute Gasteiger partial charge is 0.423 e. The van der Waals surface area contributed by atoms with E-state index in [1.54, 1.807) is 12.1 Å². The number of halogens is 1. The summed E-state index contributed by atoms with van der Waals surface area (Å²) in [6, 6.07) is 15.0. The third kappa shape index (κ3) is 3.12. The predicted octanol–water partition coefficient (Wildman–Crippen LogP) is 0.914. The highest BCUT2D eigenvalue weighted by Crippen LogP contribution is 2.18. The van der Waals surface area contributed by atoms with E-state index < -0.39 is 7.12 Å². The van der Waals surface area contributed by atoms with Crippen molar-refractivity contribution in [2.45, 2.75) is 6.54 Å². The van der Waals surface area contributed by atoms with E-state index >= 15 is 0 Å². The van der Waals surface area contributed by atoms with E-state index in [4.69, 9.17) is 5.73 Å². The highest BCUT2D eigenvalue weighted by molar-refractivity contribution is 6.60. The lowest BCUT2D eigenvalue weighted by molar-refractivity contribution is 0.426. The summed E-state index contributed by atoms with van der Waals surface area (Å²) in [5.41, 5.74) is 8.87. The Labute approximate surface area is 113 Å². The van der Waals surface area contributed by atoms with Crippen LogP contribution >= 0.6 is 12.4 Å². The standard InChI is InChI=1S/C13H14BNO2.ClH/c15-9-10-5-7-11(8-6-10)12-3-1-2-4-13(12)14(16)17;/h1-8,16-17H,9,15H2;1H. The summed E-state index contributed by atoms with van der Waals surface area (Å²) in [4.78, 5) is 0. The molecular formula is C13H15BClNO2. The van der Waals surface area contributed by atoms with Gasteiger partial charge in [0.05, 0.1) is 0 Å². The first-order chi connectivity index (χ1) is 8.22. The van der Waals surface area contributed by atoms with E-state index in [-0.39, 0.29) is 12.4 Å². The van der Waals surface area contributed by atoms with E-state index in [9.17, 15) is 10.0 Å². The van der Waals surface area contributed by atoms with E-state index in [0.717, 1.165) is 16.7 Å². The fraction of sp³-hybridized carbons (Fsp3) is 0.0769. The highest BCUT2D eigenvalue weighted by atomic mass is 35.5. The van der Waals surface area contributed by atoms with Crippen molar-refractivity contribution in [3.8, 4) is 11.1 Å². The predicted molar refractivity (Wildman–Crippen MR) is 76.8 cm³/mol. The molecule has 0 spiro atoms. The van der Waals surface area contributed by atoms with Crippen LogP contribution in [0, 0.1) is 0 Å². The van der Waals surface area contributed by atoms with Gasteiger partial charge in [0, 0.05) is 6.54 Å². The van der Waals surface area contributed by atoms with E-state index in [1.165, 1.54) is 0 Å². The molecule has 0 aliphatic carbocycles. The molecule has 2 rings (SSSR count). The number of rotatable bonds is 3. The van der Waals surface area contributed by atoms with Crippen LogP contribution in [-0.2, 0) is 6.54 Å². The van der Waals surface area contributed by atoms with Crippen molar-refractivity contribution in [3.05, 3.63) is 54.1 Å². The number of hydrogen-bond acceptors (Lipinski definition) is 3. The van der Waals surface area contributed by atoms with E-state index in [2.05, 4.69) is 0 Å². The third-order valence-corrected chi connectivity index (χ3v) is 2.74. The normalized spacial score (nSPS) is 9.72. The molecule has 2 aromatic carbocycles. The Balaban J connectivity index is 0.00000162. The second-order valence-electron chi connectivity index (χ2n) is 3.86. The molecule has 0 amide bonds. The zero-order chi connectivity index (χ0) is 12.3. The minimum atomic E-state index is -1.46. The Bertz CT molecular complexity index is 503. The Morgan fingerprint density at radius 1 is 0.944 bits per heavy atom. The monoisotopic (exact) mass is 263 g/mol. The van der Waals surface area contributed by atoms with Gasteiger partial charge in [-0.1, -0.05) is 48.5 Å². The van der Waals surface area contributed by atoms with Gasteiger partial charge < -0.3 is 15.8 Å². The van der Waals surface area contributed by atoms with Crippen molar-refractivity contribution in [1.29, 1.82) is 0 Å². The third-order valence-electron chi connectivity index (χ3n) is 2.74. The van der Waals surface area contributed by atoms with Gasteiger partial charge in [-0.3, -0.25) is 0 Å². The molecular weight excluding hydrogens is 248 g/mol. The fourth-order valence-electron chi connectivity index (χ4n) is 1.81. The maximum atomic E-state index is 9.30. The molecule has 0 aromatic heterocycles. The maximum absolute atomic E-state index is 9.30. The Hall–Kier alpha value is -1.33. The lowest BCUT2D eigenvalue weighted by Gasteiger charge is -2.09. The van der Waals surface area contributed by atoms with Crippen LogP contribution in [0.5, 0.6) is 0 Å². The van der Waals surface area contributed by atoms with Crippen LogP contribution in [0.15, 0.2) is 48.5 Å². The molecule has 5 heteroatoms. The molecule has 0 unspecified atom stereocenters. The minimum absolute atomic E-state index is 0. The Morgan fingerprint density at radius 2 is 1.56 bits per heavy atom. The van der Waals surface area contributed by atoms with Crippen molar-refractivity contribution in [3.63, 3.8) is 0 Å². The van der Waals surface area contributed by atoms with Crippen molar-refractivity contribution >= 4 is 25.0 Å². The summed E-state index contributed by atoms with van der Waals surface area (Å²) in [6.07, 6.45) is 0. The molecule has 18 heavy (non-hydrogen) atoms. The van der Waals surface area contributed by atoms with E-state index in [0.29, 0.717) is 12.0 Å². The summed E-state index contributed by atoms with van der Waals surface area (Å²) < 4.78 is 0. The Kier molecular flexibility index (Phi) is 5.37. The van der Waals surface area contributed by atoms with Gasteiger partial charge in [-0.15, -0.1) is 12.4 Å². The lowest BCUT2D eigenvalue weighted by atomic mass is 9.75. The van der Waals surface area contributed by atoms with Gasteiger partial charge in [0.1, 0.15) is 0 Å². The zero-order valence-corrected chi connectivity index (χ0v) is 10.6. The van der Waals surface area contributed by atoms with Gasteiger partial charge in [0.15, 0.2) is 0 Å². The molecule has 0 bridgehead atoms. The van der Waals surface area contributed by atoms with Crippen LogP contribution in [0.3, 0.4) is 0 Å². The molecule has 94 valence electrons. The van der Waals surface area contributed by atoms with Gasteiger partial charge in [0.25, 0.3) is 0 Å². The topological polar surface area (TPSA) is 66.5 Å². The van der Waals surface area contributed by atoms with Crippen LogP contribution in [0.25, 0.3) is 11.1 Å². The van der Waals surface area contributed by atoms with Crippen molar-refractivity contribution in [2.75, 3.05) is 0 Å². The molecule has 4 N–H and O–H groups in total. The SMILES string of the molecule is Cl.NCc1ccc(-c2ccccc2B(O)O)cc1. The van der Waals surface area contributed by atoms with Gasteiger partial charge in [-0.2, -0.15) is 0 Å². The number of benzene rings is 2. The zero-order valence-electron chi connectivity index (χ0n) is 9.78. The molecule has 0 saturated carbocycles. The van der Waals surface area contributed by atoms with Gasteiger partial charge in [-0.25, -0.2) is 0 Å². The molecule has 0 aliphatic heterocycles.